The van der Waals surface area contributed by atoms with Gasteiger partial charge in [0.15, 0.2) is 0 Å². The number of hydrogen-bond acceptors (Lipinski definition) is 2. The summed E-state index contributed by atoms with van der Waals surface area (Å²) < 4.78 is 0. The fraction of sp³-hybridized carbons (Fsp3) is 0.400. The van der Waals surface area contributed by atoms with Crippen molar-refractivity contribution in [2.75, 3.05) is 11.9 Å². The average molecular weight is 226 g/mol. The van der Waals surface area contributed by atoms with Gasteiger partial charge < -0.3 is 5.32 Å². The number of aromatic nitrogens is 1. The summed E-state index contributed by atoms with van der Waals surface area (Å²) in [6, 6.07) is 10.5. The first-order chi connectivity index (χ1) is 8.33. The molecule has 1 aromatic heterocycles. The van der Waals surface area contributed by atoms with Gasteiger partial charge in [-0.25, -0.2) is 0 Å². The summed E-state index contributed by atoms with van der Waals surface area (Å²) in [5, 5.41) is 4.79. The molecule has 1 N–H and O–H groups in total. The number of fused-ring (bicyclic) bond motifs is 1. The Morgan fingerprint density at radius 3 is 2.94 bits per heavy atom. The van der Waals surface area contributed by atoms with Crippen LogP contribution in [0.2, 0.25) is 0 Å². The highest BCUT2D eigenvalue weighted by molar-refractivity contribution is 5.91. The fourth-order valence-electron chi connectivity index (χ4n) is 2.27. The van der Waals surface area contributed by atoms with Crippen LogP contribution in [0.3, 0.4) is 0 Å². The van der Waals surface area contributed by atoms with Crippen LogP contribution < -0.4 is 5.32 Å². The molecule has 0 atom stereocenters. The van der Waals surface area contributed by atoms with E-state index in [-0.39, 0.29) is 0 Å². The van der Waals surface area contributed by atoms with Crippen LogP contribution in [0.5, 0.6) is 0 Å². The summed E-state index contributed by atoms with van der Waals surface area (Å²) in [6.07, 6.45) is 4.16. The molecule has 0 saturated heterocycles. The van der Waals surface area contributed by atoms with Crippen molar-refractivity contribution in [3.63, 3.8) is 0 Å². The highest BCUT2D eigenvalue weighted by Gasteiger charge is 2.20. The zero-order chi connectivity index (χ0) is 11.7. The van der Waals surface area contributed by atoms with Gasteiger partial charge in [0.05, 0.1) is 5.52 Å². The minimum Gasteiger partial charge on any atom is -0.384 e. The lowest BCUT2D eigenvalue weighted by atomic mass is 10.1. The molecule has 17 heavy (non-hydrogen) atoms. The number of benzene rings is 1. The number of nitrogens with zero attached hydrogens (tertiary/aromatic N) is 1. The summed E-state index contributed by atoms with van der Waals surface area (Å²) in [5.74, 6) is 0.983. The minimum atomic E-state index is 0.983. The average Bonchev–Trinajstić information content (AvgIpc) is 3.13. The molecule has 1 aliphatic carbocycles. The normalized spacial score (nSPS) is 15.1. The maximum absolute atomic E-state index is 4.55. The van der Waals surface area contributed by atoms with Gasteiger partial charge in [-0.05, 0) is 31.4 Å². The zero-order valence-corrected chi connectivity index (χ0v) is 10.2. The molecule has 1 fully saturated rings. The van der Waals surface area contributed by atoms with Gasteiger partial charge in [0.25, 0.3) is 0 Å². The Kier molecular flexibility index (Phi) is 2.71. The number of rotatable bonds is 4. The number of aryl methyl sites for hydroxylation is 1. The molecule has 0 amide bonds. The molecule has 88 valence electrons. The van der Waals surface area contributed by atoms with E-state index >= 15 is 0 Å². The third kappa shape index (κ3) is 2.41. The second-order valence-corrected chi connectivity index (χ2v) is 4.99. The number of hydrogen-bond donors (Lipinski definition) is 1. The van der Waals surface area contributed by atoms with Gasteiger partial charge in [-0.1, -0.05) is 31.0 Å². The standard InChI is InChI=1S/C15H18N2/c1-11-10-15(16-9-8-12-6-7-12)13-4-2-3-5-14(13)17-11/h2-5,10,12H,6-9H2,1H3,(H,16,17). The first-order valence-electron chi connectivity index (χ1n) is 6.43. The van der Waals surface area contributed by atoms with Gasteiger partial charge in [-0.15, -0.1) is 0 Å². The predicted molar refractivity (Wildman–Crippen MR) is 72.3 cm³/mol. The van der Waals surface area contributed by atoms with Crippen molar-refractivity contribution >= 4 is 16.6 Å². The molecule has 0 radical (unpaired) electrons. The van der Waals surface area contributed by atoms with Crippen molar-refractivity contribution < 1.29 is 0 Å². The molecule has 1 aromatic carbocycles. The van der Waals surface area contributed by atoms with Crippen molar-refractivity contribution in [1.29, 1.82) is 0 Å². The van der Waals surface area contributed by atoms with E-state index in [0.29, 0.717) is 0 Å². The maximum atomic E-state index is 4.55. The van der Waals surface area contributed by atoms with Gasteiger partial charge in [0.2, 0.25) is 0 Å². The Morgan fingerprint density at radius 1 is 1.29 bits per heavy atom. The van der Waals surface area contributed by atoms with Gasteiger partial charge in [-0.2, -0.15) is 0 Å². The van der Waals surface area contributed by atoms with Crippen LogP contribution in [-0.4, -0.2) is 11.5 Å². The second kappa shape index (κ2) is 4.36. The van der Waals surface area contributed by atoms with Crippen molar-refractivity contribution in [3.05, 3.63) is 36.0 Å². The van der Waals surface area contributed by atoms with Crippen molar-refractivity contribution in [3.8, 4) is 0 Å². The van der Waals surface area contributed by atoms with Crippen molar-refractivity contribution in [2.24, 2.45) is 5.92 Å². The third-order valence-electron chi connectivity index (χ3n) is 3.41. The minimum absolute atomic E-state index is 0.983. The highest BCUT2D eigenvalue weighted by atomic mass is 14.9. The lowest BCUT2D eigenvalue weighted by Gasteiger charge is -2.10. The Hall–Kier alpha value is -1.57. The molecule has 2 aromatic rings. The Bertz CT molecular complexity index is 529. The third-order valence-corrected chi connectivity index (χ3v) is 3.41. The molecule has 0 spiro atoms. The number of para-hydroxylation sites is 1. The predicted octanol–water partition coefficient (Wildman–Crippen LogP) is 3.76. The molecular formula is C15H18N2. The quantitative estimate of drug-likeness (QED) is 0.858. The highest BCUT2D eigenvalue weighted by Crippen LogP contribution is 2.32. The van der Waals surface area contributed by atoms with Crippen LogP contribution in [0.1, 0.15) is 25.0 Å². The molecule has 3 rings (SSSR count). The van der Waals surface area contributed by atoms with Gasteiger partial charge in [0, 0.05) is 23.3 Å². The van der Waals surface area contributed by atoms with Crippen LogP contribution >= 0.6 is 0 Å². The summed E-state index contributed by atoms with van der Waals surface area (Å²) in [4.78, 5) is 4.55. The first-order valence-corrected chi connectivity index (χ1v) is 6.43. The molecule has 0 bridgehead atoms. The molecule has 0 unspecified atom stereocenters. The van der Waals surface area contributed by atoms with E-state index in [1.165, 1.54) is 30.3 Å². The summed E-state index contributed by atoms with van der Waals surface area (Å²) in [5.41, 5.74) is 3.40. The fourth-order valence-corrected chi connectivity index (χ4v) is 2.27. The SMILES string of the molecule is Cc1cc(NCCC2CC2)c2ccccc2n1. The smallest absolute Gasteiger partial charge is 0.0725 e. The molecule has 1 saturated carbocycles. The topological polar surface area (TPSA) is 24.9 Å². The van der Waals surface area contributed by atoms with Crippen molar-refractivity contribution in [1.82, 2.24) is 4.98 Å². The van der Waals surface area contributed by atoms with Crippen LogP contribution in [0.25, 0.3) is 10.9 Å². The van der Waals surface area contributed by atoms with Crippen LogP contribution in [-0.2, 0) is 0 Å². The monoisotopic (exact) mass is 226 g/mol. The number of pyridine rings is 1. The second-order valence-electron chi connectivity index (χ2n) is 4.99. The van der Waals surface area contributed by atoms with Gasteiger partial charge in [-0.3, -0.25) is 4.98 Å². The van der Waals surface area contributed by atoms with Crippen LogP contribution in [0.15, 0.2) is 30.3 Å². The molecule has 2 nitrogen and oxygen atoms in total. The van der Waals surface area contributed by atoms with Crippen LogP contribution in [0.4, 0.5) is 5.69 Å². The Balaban J connectivity index is 1.85. The molecule has 2 heteroatoms. The van der Waals surface area contributed by atoms with Crippen LogP contribution in [0, 0.1) is 12.8 Å². The number of nitrogens with one attached hydrogen (secondary N) is 1. The van der Waals surface area contributed by atoms with Crippen molar-refractivity contribution in [2.45, 2.75) is 26.2 Å². The first kappa shape index (κ1) is 10.6. The van der Waals surface area contributed by atoms with Gasteiger partial charge in [0.1, 0.15) is 0 Å². The van der Waals surface area contributed by atoms with E-state index in [0.717, 1.165) is 23.7 Å². The van der Waals surface area contributed by atoms with E-state index in [1.54, 1.807) is 0 Å². The summed E-state index contributed by atoms with van der Waals surface area (Å²) in [7, 11) is 0. The molecule has 1 aliphatic rings. The Labute approximate surface area is 102 Å². The summed E-state index contributed by atoms with van der Waals surface area (Å²) >= 11 is 0. The molecular weight excluding hydrogens is 208 g/mol. The van der Waals surface area contributed by atoms with E-state index in [4.69, 9.17) is 0 Å². The molecule has 0 aliphatic heterocycles. The lowest BCUT2D eigenvalue weighted by Crippen LogP contribution is -2.03. The molecule has 1 heterocycles. The number of anilines is 1. The lowest BCUT2D eigenvalue weighted by molar-refractivity contribution is 0.760. The maximum Gasteiger partial charge on any atom is 0.0725 e. The summed E-state index contributed by atoms with van der Waals surface area (Å²) in [6.45, 7) is 3.14. The van der Waals surface area contributed by atoms with E-state index in [9.17, 15) is 0 Å². The zero-order valence-electron chi connectivity index (χ0n) is 10.2. The largest absolute Gasteiger partial charge is 0.384 e. The van der Waals surface area contributed by atoms with E-state index in [1.807, 2.05) is 6.07 Å². The van der Waals surface area contributed by atoms with Gasteiger partial charge >= 0.3 is 0 Å². The van der Waals surface area contributed by atoms with E-state index < -0.39 is 0 Å². The van der Waals surface area contributed by atoms with E-state index in [2.05, 4.69) is 41.5 Å². The Morgan fingerprint density at radius 2 is 2.12 bits per heavy atom.